The average molecular weight is 377 g/mol. The third kappa shape index (κ3) is 2.96. The van der Waals surface area contributed by atoms with Gasteiger partial charge in [0.2, 0.25) is 15.0 Å². The Morgan fingerprint density at radius 3 is 2.60 bits per heavy atom. The second-order valence-corrected chi connectivity index (χ2v) is 9.35. The first kappa shape index (κ1) is 16.6. The molecule has 0 bridgehead atoms. The first-order valence-corrected chi connectivity index (χ1v) is 10.4. The fourth-order valence-corrected chi connectivity index (χ4v) is 5.65. The second-order valence-electron chi connectivity index (χ2n) is 6.42. The Hall–Kier alpha value is -1.84. The molecule has 0 unspecified atom stereocenters. The zero-order valence-electron chi connectivity index (χ0n) is 14.1. The molecule has 0 atom stereocenters. The number of hydrogen-bond acceptors (Lipinski definition) is 6. The summed E-state index contributed by atoms with van der Waals surface area (Å²) in [5.74, 6) is 0.276. The van der Waals surface area contributed by atoms with E-state index in [-0.39, 0.29) is 5.92 Å². The van der Waals surface area contributed by atoms with Crippen LogP contribution in [0.4, 0.5) is 0 Å². The van der Waals surface area contributed by atoms with Crippen molar-refractivity contribution in [2.24, 2.45) is 0 Å². The Kier molecular flexibility index (Phi) is 4.09. The molecule has 1 aliphatic rings. The number of sulfonamides is 1. The average Bonchev–Trinajstić information content (AvgIpc) is 3.19. The van der Waals surface area contributed by atoms with E-state index in [2.05, 4.69) is 15.3 Å². The summed E-state index contributed by atoms with van der Waals surface area (Å²) in [4.78, 5) is 1.16. The molecule has 0 saturated carbocycles. The van der Waals surface area contributed by atoms with E-state index in [1.54, 1.807) is 27.3 Å². The number of nitrogens with zero attached hydrogens (tertiary/aromatic N) is 5. The number of aryl methyl sites for hydroxylation is 2. The zero-order valence-corrected chi connectivity index (χ0v) is 15.7. The van der Waals surface area contributed by atoms with E-state index in [0.717, 1.165) is 33.9 Å². The maximum Gasteiger partial charge on any atom is 0.243 e. The van der Waals surface area contributed by atoms with Gasteiger partial charge in [-0.25, -0.2) is 8.42 Å². The molecule has 9 heteroatoms. The molecule has 1 fully saturated rings. The molecule has 0 radical (unpaired) electrons. The van der Waals surface area contributed by atoms with Gasteiger partial charge in [-0.05, 0) is 49.9 Å². The molecule has 1 aliphatic heterocycles. The highest BCUT2D eigenvalue weighted by Crippen LogP contribution is 2.33. The SMILES string of the molecule is Cc1ccc(S(=O)(=O)N2CCC(c3nn4cnnc4s3)CC2)cc1C. The van der Waals surface area contributed by atoms with Crippen molar-refractivity contribution in [2.45, 2.75) is 37.5 Å². The molecule has 3 heterocycles. The van der Waals surface area contributed by atoms with E-state index < -0.39 is 10.0 Å². The van der Waals surface area contributed by atoms with Crippen molar-refractivity contribution < 1.29 is 8.42 Å². The van der Waals surface area contributed by atoms with Crippen LogP contribution in [0.1, 0.15) is 34.9 Å². The summed E-state index contributed by atoms with van der Waals surface area (Å²) in [5, 5.41) is 13.3. The van der Waals surface area contributed by atoms with Crippen LogP contribution in [0.2, 0.25) is 0 Å². The molecule has 1 saturated heterocycles. The monoisotopic (exact) mass is 377 g/mol. The van der Waals surface area contributed by atoms with E-state index in [4.69, 9.17) is 0 Å². The van der Waals surface area contributed by atoms with Crippen LogP contribution in [0.5, 0.6) is 0 Å². The molecule has 132 valence electrons. The highest BCUT2D eigenvalue weighted by atomic mass is 32.2. The van der Waals surface area contributed by atoms with Crippen LogP contribution in [-0.2, 0) is 10.0 Å². The summed E-state index contributed by atoms with van der Waals surface area (Å²) in [7, 11) is -3.43. The van der Waals surface area contributed by atoms with Crippen LogP contribution in [0.25, 0.3) is 4.96 Å². The largest absolute Gasteiger partial charge is 0.243 e. The molecule has 0 spiro atoms. The fraction of sp³-hybridized carbons (Fsp3) is 0.438. The van der Waals surface area contributed by atoms with Crippen LogP contribution in [0.15, 0.2) is 29.4 Å². The van der Waals surface area contributed by atoms with Gasteiger partial charge in [0.05, 0.1) is 4.90 Å². The third-order valence-corrected chi connectivity index (χ3v) is 7.79. The van der Waals surface area contributed by atoms with Crippen molar-refractivity contribution >= 4 is 26.3 Å². The molecule has 3 aromatic rings. The predicted octanol–water partition coefficient (Wildman–Crippen LogP) is 2.37. The smallest absolute Gasteiger partial charge is 0.207 e. The standard InChI is InChI=1S/C16H19N5O2S2/c1-11-3-4-14(9-12(11)2)25(22,23)20-7-5-13(6-8-20)15-19-21-10-17-18-16(21)24-15/h3-4,9-10,13H,5-8H2,1-2H3. The van der Waals surface area contributed by atoms with Crippen LogP contribution in [0.3, 0.4) is 0 Å². The summed E-state index contributed by atoms with van der Waals surface area (Å²) in [6.07, 6.45) is 3.14. The lowest BCUT2D eigenvalue weighted by Crippen LogP contribution is -2.37. The van der Waals surface area contributed by atoms with Gasteiger partial charge < -0.3 is 0 Å². The molecule has 4 rings (SSSR count). The zero-order chi connectivity index (χ0) is 17.6. The predicted molar refractivity (Wildman–Crippen MR) is 95.3 cm³/mol. The van der Waals surface area contributed by atoms with Crippen molar-refractivity contribution in [1.82, 2.24) is 24.1 Å². The Morgan fingerprint density at radius 1 is 1.16 bits per heavy atom. The lowest BCUT2D eigenvalue weighted by Gasteiger charge is -2.30. The van der Waals surface area contributed by atoms with Crippen molar-refractivity contribution in [2.75, 3.05) is 13.1 Å². The maximum absolute atomic E-state index is 12.9. The van der Waals surface area contributed by atoms with Gasteiger partial charge in [-0.15, -0.1) is 10.2 Å². The Bertz CT molecular complexity index is 988. The van der Waals surface area contributed by atoms with E-state index in [9.17, 15) is 8.42 Å². The van der Waals surface area contributed by atoms with Gasteiger partial charge in [0.15, 0.2) is 0 Å². The van der Waals surface area contributed by atoms with Crippen molar-refractivity contribution in [3.05, 3.63) is 40.7 Å². The minimum atomic E-state index is -3.43. The molecule has 2 aromatic heterocycles. The van der Waals surface area contributed by atoms with Crippen LogP contribution < -0.4 is 0 Å². The van der Waals surface area contributed by atoms with Gasteiger partial charge in [0.1, 0.15) is 11.3 Å². The summed E-state index contributed by atoms with van der Waals surface area (Å²) in [6, 6.07) is 5.33. The van der Waals surface area contributed by atoms with Crippen LogP contribution in [0, 0.1) is 13.8 Å². The molecule has 0 aliphatic carbocycles. The quantitative estimate of drug-likeness (QED) is 0.700. The molecule has 7 nitrogen and oxygen atoms in total. The van der Waals surface area contributed by atoms with Crippen LogP contribution >= 0.6 is 11.3 Å². The van der Waals surface area contributed by atoms with Crippen molar-refractivity contribution in [3.63, 3.8) is 0 Å². The normalized spacial score (nSPS) is 17.4. The number of piperidine rings is 1. The lowest BCUT2D eigenvalue weighted by molar-refractivity contribution is 0.318. The van der Waals surface area contributed by atoms with E-state index >= 15 is 0 Å². The maximum atomic E-state index is 12.9. The highest BCUT2D eigenvalue weighted by molar-refractivity contribution is 7.89. The molecule has 0 amide bonds. The Labute approximate surface area is 150 Å². The third-order valence-electron chi connectivity index (χ3n) is 4.82. The van der Waals surface area contributed by atoms with E-state index in [0.29, 0.717) is 18.0 Å². The van der Waals surface area contributed by atoms with Crippen molar-refractivity contribution in [3.8, 4) is 0 Å². The van der Waals surface area contributed by atoms with Gasteiger partial charge >= 0.3 is 0 Å². The second kappa shape index (κ2) is 6.15. The minimum Gasteiger partial charge on any atom is -0.207 e. The van der Waals surface area contributed by atoms with Gasteiger partial charge in [-0.1, -0.05) is 17.4 Å². The van der Waals surface area contributed by atoms with Gasteiger partial charge in [-0.3, -0.25) is 0 Å². The first-order valence-electron chi connectivity index (χ1n) is 8.19. The molecule has 25 heavy (non-hydrogen) atoms. The number of rotatable bonds is 3. The number of benzene rings is 1. The molecular formula is C16H19N5O2S2. The number of fused-ring (bicyclic) bond motifs is 1. The van der Waals surface area contributed by atoms with Crippen LogP contribution in [-0.4, -0.2) is 45.6 Å². The molecule has 0 N–H and O–H groups in total. The summed E-state index contributed by atoms with van der Waals surface area (Å²) >= 11 is 1.53. The van der Waals surface area contributed by atoms with E-state index in [1.807, 2.05) is 19.9 Å². The fourth-order valence-electron chi connectivity index (χ4n) is 3.11. The number of aromatic nitrogens is 4. The summed E-state index contributed by atoms with van der Waals surface area (Å²) in [5.41, 5.74) is 2.09. The molecular weight excluding hydrogens is 358 g/mol. The summed E-state index contributed by atoms with van der Waals surface area (Å²) < 4.78 is 29.0. The summed E-state index contributed by atoms with van der Waals surface area (Å²) in [6.45, 7) is 4.95. The van der Waals surface area contributed by atoms with Gasteiger partial charge in [0, 0.05) is 19.0 Å². The first-order chi connectivity index (χ1) is 11.9. The topological polar surface area (TPSA) is 80.5 Å². The van der Waals surface area contributed by atoms with E-state index in [1.165, 1.54) is 11.3 Å². The lowest BCUT2D eigenvalue weighted by atomic mass is 9.99. The Morgan fingerprint density at radius 2 is 1.92 bits per heavy atom. The molecule has 1 aromatic carbocycles. The van der Waals surface area contributed by atoms with Gasteiger partial charge in [-0.2, -0.15) is 13.9 Å². The van der Waals surface area contributed by atoms with Crippen molar-refractivity contribution in [1.29, 1.82) is 0 Å². The Balaban J connectivity index is 1.50. The van der Waals surface area contributed by atoms with Gasteiger partial charge in [0.25, 0.3) is 0 Å². The number of hydrogen-bond donors (Lipinski definition) is 0. The highest BCUT2D eigenvalue weighted by Gasteiger charge is 2.31. The minimum absolute atomic E-state index is 0.276.